The molecule has 0 saturated carbocycles. The van der Waals surface area contributed by atoms with Crippen molar-refractivity contribution in [1.29, 1.82) is 0 Å². The summed E-state index contributed by atoms with van der Waals surface area (Å²) in [6, 6.07) is 4.70. The molecule has 2 bridgehead atoms. The van der Waals surface area contributed by atoms with Crippen LogP contribution in [0.5, 0.6) is 11.5 Å². The lowest BCUT2D eigenvalue weighted by molar-refractivity contribution is -0.127. The first-order valence-electron chi connectivity index (χ1n) is 10.9. The standard InChI is InChI=1S/C23H28N2O4/c1-24-7-6-23-16-3-4-18(26)22(23)29-21-19(5-2-15(20(21)23)14-17(16)24)28-13-10-25-8-11-27-12-9-25/h2-5,16-17,22H,6-14H2,1H3/t16-,17+,22-,23-/m0/s1. The van der Waals surface area contributed by atoms with Crippen LogP contribution in [0.1, 0.15) is 17.5 Å². The average Bonchev–Trinajstić information content (AvgIpc) is 3.09. The molecule has 2 fully saturated rings. The number of ketones is 1. The zero-order valence-electron chi connectivity index (χ0n) is 16.9. The van der Waals surface area contributed by atoms with E-state index in [0.29, 0.717) is 18.6 Å². The zero-order valence-corrected chi connectivity index (χ0v) is 16.9. The molecule has 6 nitrogen and oxygen atoms in total. The number of piperidine rings is 1. The molecule has 1 aromatic rings. The summed E-state index contributed by atoms with van der Waals surface area (Å²) in [5.41, 5.74) is 2.38. The highest BCUT2D eigenvalue weighted by Gasteiger charge is 2.64. The number of likely N-dealkylation sites (tertiary alicyclic amines) is 1. The van der Waals surface area contributed by atoms with Crippen molar-refractivity contribution in [3.8, 4) is 11.5 Å². The molecule has 0 N–H and O–H groups in total. The molecule has 0 amide bonds. The fourth-order valence-corrected chi connectivity index (χ4v) is 6.29. The quantitative estimate of drug-likeness (QED) is 0.767. The number of morpholine rings is 1. The number of rotatable bonds is 4. The SMILES string of the molecule is CN1CC[C@]23c4c5ccc(OCCN6CCOCC6)c4O[C@H]2C(=O)C=C[C@H]3[C@H]1C5. The van der Waals surface area contributed by atoms with E-state index in [1.165, 1.54) is 11.1 Å². The Morgan fingerprint density at radius 3 is 2.97 bits per heavy atom. The summed E-state index contributed by atoms with van der Waals surface area (Å²) >= 11 is 0. The molecule has 0 radical (unpaired) electrons. The topological polar surface area (TPSA) is 51.2 Å². The number of likely N-dealkylation sites (N-methyl/N-ethyl adjacent to an activating group) is 1. The Balaban J connectivity index is 1.34. The molecule has 3 heterocycles. The number of benzene rings is 1. The van der Waals surface area contributed by atoms with E-state index >= 15 is 0 Å². The summed E-state index contributed by atoms with van der Waals surface area (Å²) in [4.78, 5) is 17.7. The van der Waals surface area contributed by atoms with E-state index in [2.05, 4.69) is 35.1 Å². The van der Waals surface area contributed by atoms with Gasteiger partial charge in [0.05, 0.1) is 18.6 Å². The first-order chi connectivity index (χ1) is 14.2. The summed E-state index contributed by atoms with van der Waals surface area (Å²) in [5, 5.41) is 0. The van der Waals surface area contributed by atoms with Gasteiger partial charge in [-0.2, -0.15) is 0 Å². The van der Waals surface area contributed by atoms with Crippen molar-refractivity contribution in [2.24, 2.45) is 5.92 Å². The van der Waals surface area contributed by atoms with Gasteiger partial charge in [0, 0.05) is 37.2 Å². The normalized spacial score (nSPS) is 35.3. The van der Waals surface area contributed by atoms with Gasteiger partial charge in [-0.3, -0.25) is 9.69 Å². The average molecular weight is 396 g/mol. The minimum atomic E-state index is -0.397. The molecule has 2 saturated heterocycles. The van der Waals surface area contributed by atoms with Gasteiger partial charge >= 0.3 is 0 Å². The summed E-state index contributed by atoms with van der Waals surface area (Å²) in [7, 11) is 2.21. The molecule has 5 aliphatic rings. The molecule has 29 heavy (non-hydrogen) atoms. The number of hydrogen-bond acceptors (Lipinski definition) is 6. The van der Waals surface area contributed by atoms with Gasteiger partial charge < -0.3 is 19.1 Å². The predicted octanol–water partition coefficient (Wildman–Crippen LogP) is 1.41. The van der Waals surface area contributed by atoms with E-state index in [0.717, 1.165) is 63.7 Å². The van der Waals surface area contributed by atoms with E-state index in [1.54, 1.807) is 6.08 Å². The Morgan fingerprint density at radius 2 is 2.10 bits per heavy atom. The van der Waals surface area contributed by atoms with Gasteiger partial charge in [-0.15, -0.1) is 0 Å². The Bertz CT molecular complexity index is 878. The second kappa shape index (κ2) is 6.56. The maximum Gasteiger partial charge on any atom is 0.196 e. The van der Waals surface area contributed by atoms with Crippen LogP contribution in [-0.2, 0) is 21.4 Å². The van der Waals surface area contributed by atoms with Gasteiger partial charge in [0.15, 0.2) is 23.4 Å². The van der Waals surface area contributed by atoms with Crippen molar-refractivity contribution >= 4 is 5.78 Å². The Labute approximate surface area is 171 Å². The molecule has 1 spiro atoms. The monoisotopic (exact) mass is 396 g/mol. The second-order valence-corrected chi connectivity index (χ2v) is 9.06. The summed E-state index contributed by atoms with van der Waals surface area (Å²) in [6.07, 6.45) is 5.49. The van der Waals surface area contributed by atoms with Crippen LogP contribution in [0.25, 0.3) is 0 Å². The number of carbonyl (C=O) groups excluding carboxylic acids is 1. The number of hydrogen-bond donors (Lipinski definition) is 0. The van der Waals surface area contributed by atoms with Crippen LogP contribution in [-0.4, -0.2) is 80.8 Å². The lowest BCUT2D eigenvalue weighted by Gasteiger charge is -2.55. The highest BCUT2D eigenvalue weighted by Crippen LogP contribution is 2.61. The third-order valence-electron chi connectivity index (χ3n) is 7.75. The minimum absolute atomic E-state index is 0.105. The molecule has 0 unspecified atom stereocenters. The Hall–Kier alpha value is -1.89. The van der Waals surface area contributed by atoms with E-state index < -0.39 is 6.10 Å². The van der Waals surface area contributed by atoms with E-state index in [-0.39, 0.29) is 11.2 Å². The molecule has 4 atom stereocenters. The third kappa shape index (κ3) is 2.49. The van der Waals surface area contributed by atoms with Crippen LogP contribution in [0.3, 0.4) is 0 Å². The van der Waals surface area contributed by atoms with Crippen LogP contribution in [0.15, 0.2) is 24.3 Å². The number of carbonyl (C=O) groups is 1. The zero-order chi connectivity index (χ0) is 19.6. The smallest absolute Gasteiger partial charge is 0.196 e. The van der Waals surface area contributed by atoms with Crippen LogP contribution in [0, 0.1) is 5.92 Å². The lowest BCUT2D eigenvalue weighted by Crippen LogP contribution is -2.64. The van der Waals surface area contributed by atoms with Crippen LogP contribution < -0.4 is 9.47 Å². The fourth-order valence-electron chi connectivity index (χ4n) is 6.29. The summed E-state index contributed by atoms with van der Waals surface area (Å²) in [5.74, 6) is 2.07. The van der Waals surface area contributed by atoms with E-state index in [4.69, 9.17) is 14.2 Å². The largest absolute Gasteiger partial charge is 0.488 e. The van der Waals surface area contributed by atoms with Gasteiger partial charge in [0.25, 0.3) is 0 Å². The van der Waals surface area contributed by atoms with Crippen molar-refractivity contribution in [2.75, 3.05) is 53.0 Å². The molecular weight excluding hydrogens is 368 g/mol. The van der Waals surface area contributed by atoms with Gasteiger partial charge in [-0.1, -0.05) is 12.1 Å². The second-order valence-electron chi connectivity index (χ2n) is 9.06. The maximum absolute atomic E-state index is 12.8. The molecule has 6 heteroatoms. The molecular formula is C23H28N2O4. The third-order valence-corrected chi connectivity index (χ3v) is 7.75. The molecule has 2 aliphatic carbocycles. The predicted molar refractivity (Wildman–Crippen MR) is 108 cm³/mol. The number of nitrogens with zero attached hydrogens (tertiary/aromatic N) is 2. The summed E-state index contributed by atoms with van der Waals surface area (Å²) < 4.78 is 18.1. The highest BCUT2D eigenvalue weighted by molar-refractivity contribution is 5.98. The molecule has 154 valence electrons. The Kier molecular flexibility index (Phi) is 4.05. The van der Waals surface area contributed by atoms with Crippen molar-refractivity contribution in [3.63, 3.8) is 0 Å². The molecule has 6 rings (SSSR count). The van der Waals surface area contributed by atoms with Crippen LogP contribution in [0.2, 0.25) is 0 Å². The first kappa shape index (κ1) is 17.9. The minimum Gasteiger partial charge on any atom is -0.488 e. The fraction of sp³-hybridized carbons (Fsp3) is 0.609. The van der Waals surface area contributed by atoms with Crippen molar-refractivity contribution in [1.82, 2.24) is 9.80 Å². The van der Waals surface area contributed by atoms with Crippen molar-refractivity contribution in [2.45, 2.75) is 30.4 Å². The van der Waals surface area contributed by atoms with Crippen molar-refractivity contribution in [3.05, 3.63) is 35.4 Å². The van der Waals surface area contributed by atoms with Crippen LogP contribution >= 0.6 is 0 Å². The first-order valence-corrected chi connectivity index (χ1v) is 10.9. The molecule has 0 aromatic heterocycles. The highest BCUT2D eigenvalue weighted by atomic mass is 16.5. The lowest BCUT2D eigenvalue weighted by atomic mass is 9.53. The maximum atomic E-state index is 12.8. The van der Waals surface area contributed by atoms with E-state index in [1.807, 2.05) is 0 Å². The van der Waals surface area contributed by atoms with Gasteiger partial charge in [-0.05, 0) is 44.1 Å². The van der Waals surface area contributed by atoms with Crippen LogP contribution in [0.4, 0.5) is 0 Å². The number of ether oxygens (including phenoxy) is 3. The van der Waals surface area contributed by atoms with Crippen molar-refractivity contribution < 1.29 is 19.0 Å². The Morgan fingerprint density at radius 1 is 1.24 bits per heavy atom. The van der Waals surface area contributed by atoms with Gasteiger partial charge in [-0.25, -0.2) is 0 Å². The van der Waals surface area contributed by atoms with Gasteiger partial charge in [0.1, 0.15) is 6.61 Å². The molecule has 1 aromatic carbocycles. The summed E-state index contributed by atoms with van der Waals surface area (Å²) in [6.45, 7) is 6.01. The van der Waals surface area contributed by atoms with Gasteiger partial charge in [0.2, 0.25) is 0 Å². The van der Waals surface area contributed by atoms with E-state index in [9.17, 15) is 4.79 Å². The molecule has 3 aliphatic heterocycles.